The summed E-state index contributed by atoms with van der Waals surface area (Å²) in [6.07, 6.45) is 3.72. The Balaban J connectivity index is 2.04. The first-order chi connectivity index (χ1) is 9.20. The van der Waals surface area contributed by atoms with Crippen molar-refractivity contribution in [1.82, 2.24) is 14.9 Å². The largest absolute Gasteiger partial charge is 0.395 e. The molecule has 1 amide bonds. The van der Waals surface area contributed by atoms with Crippen LogP contribution in [0, 0.1) is 0 Å². The van der Waals surface area contributed by atoms with Crippen molar-refractivity contribution in [3.8, 4) is 10.6 Å². The standard InChI is InChI=1S/C13H15N3O2S/c1-16(5-6-17)12(18)7-11-9-19-13(15-11)10-3-2-4-14-8-10/h2-4,8-9,17H,5-7H2,1H3. The van der Waals surface area contributed by atoms with E-state index in [0.717, 1.165) is 16.3 Å². The fourth-order valence-corrected chi connectivity index (χ4v) is 2.39. The molecule has 0 fully saturated rings. The average molecular weight is 277 g/mol. The van der Waals surface area contributed by atoms with Crippen molar-refractivity contribution in [3.05, 3.63) is 35.6 Å². The maximum Gasteiger partial charge on any atom is 0.228 e. The molecule has 0 radical (unpaired) electrons. The third kappa shape index (κ3) is 3.59. The Bertz CT molecular complexity index is 542. The number of pyridine rings is 1. The van der Waals surface area contributed by atoms with E-state index in [9.17, 15) is 4.79 Å². The van der Waals surface area contributed by atoms with Gasteiger partial charge in [-0.3, -0.25) is 9.78 Å². The predicted octanol–water partition coefficient (Wildman–Crippen LogP) is 1.20. The SMILES string of the molecule is CN(CCO)C(=O)Cc1csc(-c2cccnc2)n1. The van der Waals surface area contributed by atoms with Crippen LogP contribution in [0.15, 0.2) is 29.9 Å². The van der Waals surface area contributed by atoms with Crippen molar-refractivity contribution in [2.45, 2.75) is 6.42 Å². The molecule has 2 heterocycles. The van der Waals surface area contributed by atoms with Gasteiger partial charge in [0.15, 0.2) is 0 Å². The zero-order chi connectivity index (χ0) is 13.7. The van der Waals surface area contributed by atoms with Crippen molar-refractivity contribution in [1.29, 1.82) is 0 Å². The first-order valence-corrected chi connectivity index (χ1v) is 6.78. The maximum absolute atomic E-state index is 11.8. The first-order valence-electron chi connectivity index (χ1n) is 5.90. The number of hydrogen-bond acceptors (Lipinski definition) is 5. The average Bonchev–Trinajstić information content (AvgIpc) is 2.88. The summed E-state index contributed by atoms with van der Waals surface area (Å²) >= 11 is 1.50. The Labute approximate surface area is 115 Å². The number of carbonyl (C=O) groups excluding carboxylic acids is 1. The smallest absolute Gasteiger partial charge is 0.228 e. The molecule has 0 atom stereocenters. The Kier molecular flexibility index (Phi) is 4.59. The van der Waals surface area contributed by atoms with Crippen molar-refractivity contribution < 1.29 is 9.90 Å². The van der Waals surface area contributed by atoms with Crippen LogP contribution in [0.1, 0.15) is 5.69 Å². The molecule has 2 aromatic rings. The minimum Gasteiger partial charge on any atom is -0.395 e. The van der Waals surface area contributed by atoms with Crippen LogP contribution in [0.25, 0.3) is 10.6 Å². The van der Waals surface area contributed by atoms with E-state index in [1.807, 2.05) is 17.5 Å². The molecule has 0 bridgehead atoms. The molecule has 0 aliphatic carbocycles. The van der Waals surface area contributed by atoms with Gasteiger partial charge in [0.25, 0.3) is 0 Å². The molecular formula is C13H15N3O2S. The molecule has 6 heteroatoms. The molecule has 0 spiro atoms. The minimum absolute atomic E-state index is 0.0275. The molecule has 5 nitrogen and oxygen atoms in total. The summed E-state index contributed by atoms with van der Waals surface area (Å²) in [5.74, 6) is -0.0444. The maximum atomic E-state index is 11.8. The molecule has 0 aliphatic heterocycles. The highest BCUT2D eigenvalue weighted by molar-refractivity contribution is 7.13. The molecule has 0 aromatic carbocycles. The van der Waals surface area contributed by atoms with E-state index in [1.165, 1.54) is 16.2 Å². The van der Waals surface area contributed by atoms with E-state index >= 15 is 0 Å². The van der Waals surface area contributed by atoms with Crippen molar-refractivity contribution in [2.24, 2.45) is 0 Å². The second kappa shape index (κ2) is 6.40. The summed E-state index contributed by atoms with van der Waals surface area (Å²) in [6, 6.07) is 3.80. The number of carbonyl (C=O) groups is 1. The number of rotatable bonds is 5. The topological polar surface area (TPSA) is 66.3 Å². The van der Waals surface area contributed by atoms with E-state index in [4.69, 9.17) is 5.11 Å². The summed E-state index contributed by atoms with van der Waals surface area (Å²) < 4.78 is 0. The molecule has 1 N–H and O–H groups in total. The first kappa shape index (κ1) is 13.6. The van der Waals surface area contributed by atoms with Crippen LogP contribution in [-0.4, -0.2) is 46.1 Å². The summed E-state index contributed by atoms with van der Waals surface area (Å²) in [5.41, 5.74) is 1.70. The lowest BCUT2D eigenvalue weighted by Crippen LogP contribution is -2.30. The van der Waals surface area contributed by atoms with Crippen LogP contribution < -0.4 is 0 Å². The number of aromatic nitrogens is 2. The number of amides is 1. The highest BCUT2D eigenvalue weighted by atomic mass is 32.1. The quantitative estimate of drug-likeness (QED) is 0.891. The monoisotopic (exact) mass is 277 g/mol. The second-order valence-electron chi connectivity index (χ2n) is 4.10. The van der Waals surface area contributed by atoms with Gasteiger partial charge in [-0.05, 0) is 12.1 Å². The third-order valence-corrected chi connectivity index (χ3v) is 3.59. The number of hydrogen-bond donors (Lipinski definition) is 1. The van der Waals surface area contributed by atoms with E-state index < -0.39 is 0 Å². The predicted molar refractivity (Wildman–Crippen MR) is 73.8 cm³/mol. The Morgan fingerprint density at radius 1 is 1.53 bits per heavy atom. The van der Waals surface area contributed by atoms with Gasteiger partial charge in [0, 0.05) is 36.9 Å². The van der Waals surface area contributed by atoms with Crippen LogP contribution >= 0.6 is 11.3 Å². The van der Waals surface area contributed by atoms with E-state index in [2.05, 4.69) is 9.97 Å². The number of aliphatic hydroxyl groups is 1. The highest BCUT2D eigenvalue weighted by Gasteiger charge is 2.12. The normalized spacial score (nSPS) is 10.4. The van der Waals surface area contributed by atoms with Crippen LogP contribution in [0.3, 0.4) is 0 Å². The summed E-state index contributed by atoms with van der Waals surface area (Å²) in [4.78, 5) is 21.8. The fraction of sp³-hybridized carbons (Fsp3) is 0.308. The number of aliphatic hydroxyl groups excluding tert-OH is 1. The number of thiazole rings is 1. The molecule has 0 saturated carbocycles. The Morgan fingerprint density at radius 3 is 3.05 bits per heavy atom. The van der Waals surface area contributed by atoms with Gasteiger partial charge in [0.2, 0.25) is 5.91 Å². The van der Waals surface area contributed by atoms with Gasteiger partial charge in [-0.1, -0.05) is 0 Å². The molecule has 100 valence electrons. The minimum atomic E-state index is -0.0444. The van der Waals surface area contributed by atoms with E-state index in [0.29, 0.717) is 6.54 Å². The molecule has 2 rings (SSSR count). The van der Waals surface area contributed by atoms with Crippen LogP contribution in [0.4, 0.5) is 0 Å². The highest BCUT2D eigenvalue weighted by Crippen LogP contribution is 2.22. The van der Waals surface area contributed by atoms with Gasteiger partial charge < -0.3 is 10.0 Å². The van der Waals surface area contributed by atoms with Crippen molar-refractivity contribution in [2.75, 3.05) is 20.2 Å². The lowest BCUT2D eigenvalue weighted by atomic mass is 10.3. The summed E-state index contributed by atoms with van der Waals surface area (Å²) in [5, 5.41) is 11.5. The molecule has 0 unspecified atom stereocenters. The molecule has 19 heavy (non-hydrogen) atoms. The van der Waals surface area contributed by atoms with Gasteiger partial charge >= 0.3 is 0 Å². The Hall–Kier alpha value is -1.79. The van der Waals surface area contributed by atoms with Gasteiger partial charge in [-0.25, -0.2) is 4.98 Å². The van der Waals surface area contributed by atoms with Crippen molar-refractivity contribution in [3.63, 3.8) is 0 Å². The Morgan fingerprint density at radius 2 is 2.37 bits per heavy atom. The van der Waals surface area contributed by atoms with Crippen LogP contribution in [-0.2, 0) is 11.2 Å². The molecule has 0 aliphatic rings. The molecule has 0 saturated heterocycles. The number of likely N-dealkylation sites (N-methyl/N-ethyl adjacent to an activating group) is 1. The zero-order valence-corrected chi connectivity index (χ0v) is 11.4. The van der Waals surface area contributed by atoms with Crippen LogP contribution in [0.5, 0.6) is 0 Å². The van der Waals surface area contributed by atoms with Crippen LogP contribution in [0.2, 0.25) is 0 Å². The fourth-order valence-electron chi connectivity index (χ4n) is 1.57. The number of nitrogens with zero attached hydrogens (tertiary/aromatic N) is 3. The molecular weight excluding hydrogens is 262 g/mol. The van der Waals surface area contributed by atoms with E-state index in [-0.39, 0.29) is 18.9 Å². The lowest BCUT2D eigenvalue weighted by Gasteiger charge is -2.14. The summed E-state index contributed by atoms with van der Waals surface area (Å²) in [6.45, 7) is 0.318. The second-order valence-corrected chi connectivity index (χ2v) is 4.96. The van der Waals surface area contributed by atoms with Gasteiger partial charge in [-0.2, -0.15) is 0 Å². The molecule has 2 aromatic heterocycles. The van der Waals surface area contributed by atoms with E-state index in [1.54, 1.807) is 19.4 Å². The van der Waals surface area contributed by atoms with Gasteiger partial charge in [-0.15, -0.1) is 11.3 Å². The third-order valence-electron chi connectivity index (χ3n) is 2.65. The zero-order valence-electron chi connectivity index (χ0n) is 10.6. The van der Waals surface area contributed by atoms with Gasteiger partial charge in [0.05, 0.1) is 18.7 Å². The van der Waals surface area contributed by atoms with Crippen molar-refractivity contribution >= 4 is 17.2 Å². The summed E-state index contributed by atoms with van der Waals surface area (Å²) in [7, 11) is 1.67. The lowest BCUT2D eigenvalue weighted by molar-refractivity contribution is -0.129. The van der Waals surface area contributed by atoms with Gasteiger partial charge in [0.1, 0.15) is 5.01 Å².